The van der Waals surface area contributed by atoms with Gasteiger partial charge in [0.1, 0.15) is 0 Å². The standard InChI is InChI=1S/C12H27NO2/c1-4-5-6-7-8-13-9-12(14)10-15-11(2)3/h11-14H,4-10H2,1-3H3. The lowest BCUT2D eigenvalue weighted by Gasteiger charge is -2.14. The van der Waals surface area contributed by atoms with Gasteiger partial charge < -0.3 is 15.2 Å². The van der Waals surface area contributed by atoms with Gasteiger partial charge in [-0.15, -0.1) is 0 Å². The molecule has 92 valence electrons. The van der Waals surface area contributed by atoms with Gasteiger partial charge in [-0.05, 0) is 26.8 Å². The lowest BCUT2D eigenvalue weighted by molar-refractivity contribution is 0.00646. The minimum atomic E-state index is -0.376. The molecule has 0 amide bonds. The third kappa shape index (κ3) is 11.8. The molecule has 0 heterocycles. The van der Waals surface area contributed by atoms with Gasteiger partial charge in [0.05, 0.1) is 18.8 Å². The Bertz CT molecular complexity index is 129. The van der Waals surface area contributed by atoms with Crippen molar-refractivity contribution in [1.29, 1.82) is 0 Å². The van der Waals surface area contributed by atoms with Crippen molar-refractivity contribution < 1.29 is 9.84 Å². The average molecular weight is 217 g/mol. The Kier molecular flexibility index (Phi) is 10.3. The van der Waals surface area contributed by atoms with Gasteiger partial charge in [-0.3, -0.25) is 0 Å². The van der Waals surface area contributed by atoms with Crippen LogP contribution in [-0.4, -0.2) is 37.0 Å². The van der Waals surface area contributed by atoms with Crippen LogP contribution in [0.25, 0.3) is 0 Å². The van der Waals surface area contributed by atoms with Gasteiger partial charge >= 0.3 is 0 Å². The summed E-state index contributed by atoms with van der Waals surface area (Å²) < 4.78 is 5.31. The predicted molar refractivity (Wildman–Crippen MR) is 64.1 cm³/mol. The van der Waals surface area contributed by atoms with Gasteiger partial charge in [-0.1, -0.05) is 26.2 Å². The Morgan fingerprint density at radius 3 is 2.53 bits per heavy atom. The highest BCUT2D eigenvalue weighted by Gasteiger charge is 2.04. The lowest BCUT2D eigenvalue weighted by Crippen LogP contribution is -2.31. The molecular formula is C12H27NO2. The molecule has 0 fully saturated rings. The van der Waals surface area contributed by atoms with E-state index in [1.165, 1.54) is 25.7 Å². The van der Waals surface area contributed by atoms with Crippen LogP contribution in [0.15, 0.2) is 0 Å². The van der Waals surface area contributed by atoms with E-state index in [-0.39, 0.29) is 12.2 Å². The molecule has 0 rings (SSSR count). The van der Waals surface area contributed by atoms with Crippen LogP contribution in [0.5, 0.6) is 0 Å². The molecule has 0 aliphatic rings. The normalized spacial score (nSPS) is 13.4. The Hall–Kier alpha value is -0.120. The second kappa shape index (κ2) is 10.4. The molecule has 0 saturated carbocycles. The number of hydrogen-bond donors (Lipinski definition) is 2. The largest absolute Gasteiger partial charge is 0.389 e. The first-order chi connectivity index (χ1) is 7.16. The zero-order chi connectivity index (χ0) is 11.5. The van der Waals surface area contributed by atoms with Gasteiger partial charge in [0.2, 0.25) is 0 Å². The van der Waals surface area contributed by atoms with Crippen molar-refractivity contribution >= 4 is 0 Å². The monoisotopic (exact) mass is 217 g/mol. The fourth-order valence-electron chi connectivity index (χ4n) is 1.31. The maximum Gasteiger partial charge on any atom is 0.0897 e. The van der Waals surface area contributed by atoms with E-state index >= 15 is 0 Å². The molecule has 1 atom stereocenters. The van der Waals surface area contributed by atoms with Crippen molar-refractivity contribution in [2.24, 2.45) is 0 Å². The Balaban J connectivity index is 3.13. The van der Waals surface area contributed by atoms with E-state index in [9.17, 15) is 5.11 Å². The zero-order valence-electron chi connectivity index (χ0n) is 10.5. The van der Waals surface area contributed by atoms with Crippen molar-refractivity contribution in [2.75, 3.05) is 19.7 Å². The van der Waals surface area contributed by atoms with E-state index in [2.05, 4.69) is 12.2 Å². The van der Waals surface area contributed by atoms with Crippen LogP contribution in [0.3, 0.4) is 0 Å². The first kappa shape index (κ1) is 14.9. The molecular weight excluding hydrogens is 190 g/mol. The number of aliphatic hydroxyl groups excluding tert-OH is 1. The van der Waals surface area contributed by atoms with Crippen molar-refractivity contribution in [2.45, 2.75) is 58.7 Å². The summed E-state index contributed by atoms with van der Waals surface area (Å²) in [6.45, 7) is 8.23. The van der Waals surface area contributed by atoms with Crippen LogP contribution in [0.1, 0.15) is 46.5 Å². The summed E-state index contributed by atoms with van der Waals surface area (Å²) in [6.07, 6.45) is 4.88. The second-order valence-electron chi connectivity index (χ2n) is 4.30. The molecule has 0 aromatic heterocycles. The summed E-state index contributed by atoms with van der Waals surface area (Å²) in [6, 6.07) is 0. The van der Waals surface area contributed by atoms with Crippen LogP contribution in [0, 0.1) is 0 Å². The van der Waals surface area contributed by atoms with E-state index in [4.69, 9.17) is 4.74 Å². The lowest BCUT2D eigenvalue weighted by atomic mass is 10.2. The van der Waals surface area contributed by atoms with Gasteiger partial charge in [-0.25, -0.2) is 0 Å². The molecule has 15 heavy (non-hydrogen) atoms. The Labute approximate surface area is 94.2 Å². The zero-order valence-corrected chi connectivity index (χ0v) is 10.5. The third-order valence-corrected chi connectivity index (χ3v) is 2.21. The number of rotatable bonds is 10. The maximum absolute atomic E-state index is 9.51. The fraction of sp³-hybridized carbons (Fsp3) is 1.00. The minimum Gasteiger partial charge on any atom is -0.389 e. The summed E-state index contributed by atoms with van der Waals surface area (Å²) in [5.74, 6) is 0. The highest BCUT2D eigenvalue weighted by atomic mass is 16.5. The van der Waals surface area contributed by atoms with E-state index in [1.807, 2.05) is 13.8 Å². The molecule has 0 saturated heterocycles. The van der Waals surface area contributed by atoms with Crippen molar-refractivity contribution in [1.82, 2.24) is 5.32 Å². The summed E-state index contributed by atoms with van der Waals surface area (Å²) >= 11 is 0. The summed E-state index contributed by atoms with van der Waals surface area (Å²) in [7, 11) is 0. The van der Waals surface area contributed by atoms with Gasteiger partial charge in [0.25, 0.3) is 0 Å². The van der Waals surface area contributed by atoms with Crippen LogP contribution in [-0.2, 0) is 4.74 Å². The first-order valence-corrected chi connectivity index (χ1v) is 6.17. The summed E-state index contributed by atoms with van der Waals surface area (Å²) in [5.41, 5.74) is 0. The minimum absolute atomic E-state index is 0.198. The van der Waals surface area contributed by atoms with E-state index < -0.39 is 0 Å². The van der Waals surface area contributed by atoms with Gasteiger partial charge in [0.15, 0.2) is 0 Å². The van der Waals surface area contributed by atoms with Crippen molar-refractivity contribution in [3.8, 4) is 0 Å². The molecule has 3 nitrogen and oxygen atoms in total. The molecule has 3 heteroatoms. The molecule has 0 aliphatic carbocycles. The van der Waals surface area contributed by atoms with Crippen molar-refractivity contribution in [3.05, 3.63) is 0 Å². The Morgan fingerprint density at radius 2 is 1.93 bits per heavy atom. The maximum atomic E-state index is 9.51. The predicted octanol–water partition coefficient (Wildman–Crippen LogP) is 1.94. The smallest absolute Gasteiger partial charge is 0.0897 e. The molecule has 1 unspecified atom stereocenters. The molecule has 0 bridgehead atoms. The molecule has 0 aliphatic heterocycles. The van der Waals surface area contributed by atoms with E-state index in [1.54, 1.807) is 0 Å². The highest BCUT2D eigenvalue weighted by Crippen LogP contribution is 1.97. The van der Waals surface area contributed by atoms with Gasteiger partial charge in [0, 0.05) is 6.54 Å². The topological polar surface area (TPSA) is 41.5 Å². The van der Waals surface area contributed by atoms with E-state index in [0.29, 0.717) is 13.2 Å². The Morgan fingerprint density at radius 1 is 1.20 bits per heavy atom. The van der Waals surface area contributed by atoms with E-state index in [0.717, 1.165) is 6.54 Å². The SMILES string of the molecule is CCCCCCNCC(O)COC(C)C. The molecule has 0 aromatic carbocycles. The number of unbranched alkanes of at least 4 members (excludes halogenated alkanes) is 3. The first-order valence-electron chi connectivity index (χ1n) is 6.17. The number of aliphatic hydroxyl groups is 1. The fourth-order valence-corrected chi connectivity index (χ4v) is 1.31. The summed E-state index contributed by atoms with van der Waals surface area (Å²) in [4.78, 5) is 0. The average Bonchev–Trinajstić information content (AvgIpc) is 2.20. The number of hydrogen-bond acceptors (Lipinski definition) is 3. The van der Waals surface area contributed by atoms with Gasteiger partial charge in [-0.2, -0.15) is 0 Å². The van der Waals surface area contributed by atoms with Crippen LogP contribution < -0.4 is 5.32 Å². The molecule has 0 radical (unpaired) electrons. The second-order valence-corrected chi connectivity index (χ2v) is 4.30. The van der Waals surface area contributed by atoms with Crippen LogP contribution in [0.4, 0.5) is 0 Å². The third-order valence-electron chi connectivity index (χ3n) is 2.21. The molecule has 2 N–H and O–H groups in total. The molecule has 0 spiro atoms. The van der Waals surface area contributed by atoms with Crippen molar-refractivity contribution in [3.63, 3.8) is 0 Å². The van der Waals surface area contributed by atoms with Crippen LogP contribution in [0.2, 0.25) is 0 Å². The van der Waals surface area contributed by atoms with Crippen LogP contribution >= 0.6 is 0 Å². The summed E-state index contributed by atoms with van der Waals surface area (Å²) in [5, 5.41) is 12.8. The molecule has 0 aromatic rings. The number of ether oxygens (including phenoxy) is 1. The quantitative estimate of drug-likeness (QED) is 0.550. The highest BCUT2D eigenvalue weighted by molar-refractivity contribution is 4.59. The number of nitrogens with one attached hydrogen (secondary N) is 1.